The number of alkyl carbamates (subject to hydrolysis) is 1. The monoisotopic (exact) mass is 258 g/mol. The highest BCUT2D eigenvalue weighted by molar-refractivity contribution is 5.67. The van der Waals surface area contributed by atoms with E-state index >= 15 is 0 Å². The molecule has 0 fully saturated rings. The summed E-state index contributed by atoms with van der Waals surface area (Å²) in [5.74, 6) is 0.731. The fraction of sp³-hybridized carbons (Fsp3) is 0.929. The van der Waals surface area contributed by atoms with E-state index in [0.717, 1.165) is 25.4 Å². The lowest BCUT2D eigenvalue weighted by Crippen LogP contribution is -2.39. The van der Waals surface area contributed by atoms with Crippen LogP contribution in [0.2, 0.25) is 0 Å². The Morgan fingerprint density at radius 3 is 2.17 bits per heavy atom. The minimum absolute atomic E-state index is 0.131. The molecule has 0 bridgehead atoms. The number of amides is 1. The van der Waals surface area contributed by atoms with E-state index in [1.54, 1.807) is 0 Å². The van der Waals surface area contributed by atoms with Gasteiger partial charge in [0.2, 0.25) is 0 Å². The summed E-state index contributed by atoms with van der Waals surface area (Å²) in [5, 5.41) is 6.21. The SMILES string of the molecule is CC(C)CCNCCC(C)NC(=O)OC(C)(C)C. The first-order valence-electron chi connectivity index (χ1n) is 6.91. The predicted octanol–water partition coefficient (Wildman–Crippen LogP) is 2.93. The van der Waals surface area contributed by atoms with Crippen LogP contribution < -0.4 is 10.6 Å². The molecule has 0 saturated heterocycles. The van der Waals surface area contributed by atoms with Gasteiger partial charge in [-0.25, -0.2) is 4.79 Å². The van der Waals surface area contributed by atoms with Gasteiger partial charge in [-0.05, 0) is 59.5 Å². The van der Waals surface area contributed by atoms with Crippen molar-refractivity contribution in [3.05, 3.63) is 0 Å². The molecule has 0 spiro atoms. The Kier molecular flexibility index (Phi) is 8.00. The highest BCUT2D eigenvalue weighted by Gasteiger charge is 2.17. The van der Waals surface area contributed by atoms with Gasteiger partial charge in [-0.3, -0.25) is 0 Å². The minimum Gasteiger partial charge on any atom is -0.444 e. The summed E-state index contributed by atoms with van der Waals surface area (Å²) >= 11 is 0. The molecule has 0 aromatic heterocycles. The molecule has 108 valence electrons. The third-order valence-electron chi connectivity index (χ3n) is 2.42. The molecule has 1 unspecified atom stereocenters. The van der Waals surface area contributed by atoms with E-state index in [9.17, 15) is 4.79 Å². The van der Waals surface area contributed by atoms with Crippen LogP contribution in [0.5, 0.6) is 0 Å². The van der Waals surface area contributed by atoms with Crippen LogP contribution in [0.15, 0.2) is 0 Å². The third kappa shape index (κ3) is 11.7. The molecule has 0 aliphatic heterocycles. The van der Waals surface area contributed by atoms with Crippen LogP contribution in [0.1, 0.15) is 54.4 Å². The fourth-order valence-electron chi connectivity index (χ4n) is 1.42. The quantitative estimate of drug-likeness (QED) is 0.690. The highest BCUT2D eigenvalue weighted by atomic mass is 16.6. The zero-order valence-corrected chi connectivity index (χ0v) is 12.8. The summed E-state index contributed by atoms with van der Waals surface area (Å²) in [6, 6.07) is 0.131. The maximum absolute atomic E-state index is 11.5. The standard InChI is InChI=1S/C14H30N2O2/c1-11(2)7-9-15-10-8-12(3)16-13(17)18-14(4,5)6/h11-12,15H,7-10H2,1-6H3,(H,16,17). The zero-order valence-electron chi connectivity index (χ0n) is 12.8. The molecule has 0 aromatic rings. The van der Waals surface area contributed by atoms with Gasteiger partial charge in [0.1, 0.15) is 5.60 Å². The highest BCUT2D eigenvalue weighted by Crippen LogP contribution is 2.07. The van der Waals surface area contributed by atoms with Crippen molar-refractivity contribution in [2.24, 2.45) is 5.92 Å². The largest absolute Gasteiger partial charge is 0.444 e. The number of carbonyl (C=O) groups is 1. The first kappa shape index (κ1) is 17.2. The molecule has 1 atom stereocenters. The molecule has 0 saturated carbocycles. The van der Waals surface area contributed by atoms with Gasteiger partial charge in [0, 0.05) is 6.04 Å². The lowest BCUT2D eigenvalue weighted by molar-refractivity contribution is 0.0506. The summed E-state index contributed by atoms with van der Waals surface area (Å²) in [6.07, 6.45) is 1.77. The van der Waals surface area contributed by atoms with E-state index in [2.05, 4.69) is 24.5 Å². The van der Waals surface area contributed by atoms with Gasteiger partial charge in [0.15, 0.2) is 0 Å². The predicted molar refractivity (Wildman–Crippen MR) is 75.8 cm³/mol. The molecule has 0 aliphatic carbocycles. The first-order chi connectivity index (χ1) is 8.20. The maximum atomic E-state index is 11.5. The van der Waals surface area contributed by atoms with Crippen LogP contribution in [-0.4, -0.2) is 30.8 Å². The number of carbonyl (C=O) groups excluding carboxylic acids is 1. The van der Waals surface area contributed by atoms with Crippen LogP contribution in [0.3, 0.4) is 0 Å². The Morgan fingerprint density at radius 1 is 1.11 bits per heavy atom. The van der Waals surface area contributed by atoms with Gasteiger partial charge in [-0.1, -0.05) is 13.8 Å². The van der Waals surface area contributed by atoms with Gasteiger partial charge >= 0.3 is 6.09 Å². The van der Waals surface area contributed by atoms with Crippen molar-refractivity contribution in [1.29, 1.82) is 0 Å². The fourth-order valence-corrected chi connectivity index (χ4v) is 1.42. The summed E-state index contributed by atoms with van der Waals surface area (Å²) in [4.78, 5) is 11.5. The summed E-state index contributed by atoms with van der Waals surface area (Å²) in [7, 11) is 0. The van der Waals surface area contributed by atoms with Gasteiger partial charge in [0.25, 0.3) is 0 Å². The number of hydrogen-bond acceptors (Lipinski definition) is 3. The average molecular weight is 258 g/mol. The summed E-state index contributed by atoms with van der Waals surface area (Å²) in [5.41, 5.74) is -0.431. The molecular weight excluding hydrogens is 228 g/mol. The Bertz CT molecular complexity index is 234. The topological polar surface area (TPSA) is 50.4 Å². The van der Waals surface area contributed by atoms with Crippen molar-refractivity contribution in [1.82, 2.24) is 10.6 Å². The van der Waals surface area contributed by atoms with Gasteiger partial charge in [0.05, 0.1) is 0 Å². The Balaban J connectivity index is 3.59. The normalized spacial score (nSPS) is 13.5. The Morgan fingerprint density at radius 2 is 1.67 bits per heavy atom. The van der Waals surface area contributed by atoms with Crippen LogP contribution in [0, 0.1) is 5.92 Å². The minimum atomic E-state index is -0.431. The van der Waals surface area contributed by atoms with E-state index in [0.29, 0.717) is 0 Å². The smallest absolute Gasteiger partial charge is 0.407 e. The van der Waals surface area contributed by atoms with Gasteiger partial charge < -0.3 is 15.4 Å². The van der Waals surface area contributed by atoms with E-state index < -0.39 is 5.60 Å². The number of ether oxygens (including phenoxy) is 1. The van der Waals surface area contributed by atoms with E-state index in [4.69, 9.17) is 4.74 Å². The van der Waals surface area contributed by atoms with E-state index in [-0.39, 0.29) is 12.1 Å². The second kappa shape index (κ2) is 8.35. The molecule has 0 aromatic carbocycles. The average Bonchev–Trinajstić information content (AvgIpc) is 2.12. The van der Waals surface area contributed by atoms with Crippen LogP contribution in [0.25, 0.3) is 0 Å². The summed E-state index contributed by atoms with van der Waals surface area (Å²) < 4.78 is 5.20. The molecule has 1 amide bonds. The maximum Gasteiger partial charge on any atom is 0.407 e. The van der Waals surface area contributed by atoms with E-state index in [1.807, 2.05) is 27.7 Å². The second-order valence-corrected chi connectivity index (χ2v) is 6.27. The van der Waals surface area contributed by atoms with Gasteiger partial charge in [-0.2, -0.15) is 0 Å². The summed E-state index contributed by atoms with van der Waals surface area (Å²) in [6.45, 7) is 14.0. The molecule has 2 N–H and O–H groups in total. The molecule has 0 radical (unpaired) electrons. The second-order valence-electron chi connectivity index (χ2n) is 6.27. The Labute approximate surface area is 112 Å². The number of rotatable bonds is 7. The Hall–Kier alpha value is -0.770. The van der Waals surface area contributed by atoms with Crippen molar-refractivity contribution in [3.63, 3.8) is 0 Å². The first-order valence-corrected chi connectivity index (χ1v) is 6.91. The van der Waals surface area contributed by atoms with Crippen LogP contribution in [0.4, 0.5) is 4.79 Å². The van der Waals surface area contributed by atoms with Crippen molar-refractivity contribution in [2.45, 2.75) is 66.0 Å². The number of nitrogens with one attached hydrogen (secondary N) is 2. The number of hydrogen-bond donors (Lipinski definition) is 2. The molecule has 0 aliphatic rings. The van der Waals surface area contributed by atoms with Crippen molar-refractivity contribution >= 4 is 6.09 Å². The van der Waals surface area contributed by atoms with Gasteiger partial charge in [-0.15, -0.1) is 0 Å². The zero-order chi connectivity index (χ0) is 14.2. The van der Waals surface area contributed by atoms with Crippen molar-refractivity contribution in [3.8, 4) is 0 Å². The lowest BCUT2D eigenvalue weighted by atomic mass is 10.1. The van der Waals surface area contributed by atoms with Crippen molar-refractivity contribution in [2.75, 3.05) is 13.1 Å². The molecular formula is C14H30N2O2. The van der Waals surface area contributed by atoms with E-state index in [1.165, 1.54) is 6.42 Å². The van der Waals surface area contributed by atoms with Crippen LogP contribution in [-0.2, 0) is 4.74 Å². The molecule has 0 rings (SSSR count). The van der Waals surface area contributed by atoms with Crippen LogP contribution >= 0.6 is 0 Å². The molecule has 4 heteroatoms. The molecule has 0 heterocycles. The lowest BCUT2D eigenvalue weighted by Gasteiger charge is -2.22. The third-order valence-corrected chi connectivity index (χ3v) is 2.42. The molecule has 18 heavy (non-hydrogen) atoms. The molecule has 4 nitrogen and oxygen atoms in total. The van der Waals surface area contributed by atoms with Crippen molar-refractivity contribution < 1.29 is 9.53 Å².